The van der Waals surface area contributed by atoms with Gasteiger partial charge < -0.3 is 9.84 Å². The van der Waals surface area contributed by atoms with E-state index in [9.17, 15) is 5.11 Å². The van der Waals surface area contributed by atoms with Crippen LogP contribution in [0, 0.1) is 6.92 Å². The average molecular weight is 208 g/mol. The molecule has 15 heavy (non-hydrogen) atoms. The third kappa shape index (κ3) is 3.65. The van der Waals surface area contributed by atoms with Gasteiger partial charge in [-0.05, 0) is 32.3 Å². The molecule has 0 saturated heterocycles. The van der Waals surface area contributed by atoms with Crippen LogP contribution < -0.4 is 0 Å². The van der Waals surface area contributed by atoms with Crippen LogP contribution in [0.25, 0.3) is 0 Å². The summed E-state index contributed by atoms with van der Waals surface area (Å²) in [5.74, 6) is 0. The van der Waals surface area contributed by atoms with Crippen LogP contribution in [-0.4, -0.2) is 18.8 Å². The fraction of sp³-hybridized carbons (Fsp3) is 0.538. The maximum Gasteiger partial charge on any atom is 0.0869 e. The van der Waals surface area contributed by atoms with E-state index in [1.165, 1.54) is 5.56 Å². The van der Waals surface area contributed by atoms with Crippen molar-refractivity contribution < 1.29 is 9.84 Å². The largest absolute Gasteiger partial charge is 0.385 e. The van der Waals surface area contributed by atoms with E-state index in [1.807, 2.05) is 38.1 Å². The fourth-order valence-corrected chi connectivity index (χ4v) is 1.62. The molecule has 1 N–H and O–H groups in total. The van der Waals surface area contributed by atoms with Gasteiger partial charge in [-0.15, -0.1) is 0 Å². The lowest BCUT2D eigenvalue weighted by Gasteiger charge is -2.23. The zero-order valence-electron chi connectivity index (χ0n) is 9.79. The van der Waals surface area contributed by atoms with Crippen molar-refractivity contribution in [1.82, 2.24) is 0 Å². The molecule has 0 fully saturated rings. The summed E-state index contributed by atoms with van der Waals surface area (Å²) in [5, 5.41) is 10.2. The van der Waals surface area contributed by atoms with E-state index in [1.54, 1.807) is 7.11 Å². The van der Waals surface area contributed by atoms with Gasteiger partial charge in [-0.25, -0.2) is 0 Å². The molecule has 0 spiro atoms. The van der Waals surface area contributed by atoms with Crippen molar-refractivity contribution in [2.75, 3.05) is 13.7 Å². The minimum Gasteiger partial charge on any atom is -0.385 e. The van der Waals surface area contributed by atoms with Crippen molar-refractivity contribution >= 4 is 0 Å². The van der Waals surface area contributed by atoms with Crippen LogP contribution in [-0.2, 0) is 10.3 Å². The van der Waals surface area contributed by atoms with Crippen molar-refractivity contribution in [2.45, 2.75) is 32.3 Å². The van der Waals surface area contributed by atoms with E-state index >= 15 is 0 Å². The molecule has 84 valence electrons. The van der Waals surface area contributed by atoms with Crippen molar-refractivity contribution in [1.29, 1.82) is 0 Å². The van der Waals surface area contributed by atoms with Crippen LogP contribution in [0.15, 0.2) is 24.3 Å². The number of benzene rings is 1. The monoisotopic (exact) mass is 208 g/mol. The molecule has 0 aliphatic heterocycles. The Kier molecular flexibility index (Phi) is 4.30. The summed E-state index contributed by atoms with van der Waals surface area (Å²) in [6.07, 6.45) is 1.60. The molecule has 0 saturated carbocycles. The quantitative estimate of drug-likeness (QED) is 0.754. The zero-order valence-corrected chi connectivity index (χ0v) is 9.79. The van der Waals surface area contributed by atoms with Gasteiger partial charge in [-0.3, -0.25) is 0 Å². The summed E-state index contributed by atoms with van der Waals surface area (Å²) in [4.78, 5) is 0. The van der Waals surface area contributed by atoms with Crippen LogP contribution in [0.3, 0.4) is 0 Å². The average Bonchev–Trinajstić information content (AvgIpc) is 2.18. The fourth-order valence-electron chi connectivity index (χ4n) is 1.62. The van der Waals surface area contributed by atoms with Crippen molar-refractivity contribution in [3.63, 3.8) is 0 Å². The minimum absolute atomic E-state index is 0.696. The zero-order chi connectivity index (χ0) is 11.3. The third-order valence-electron chi connectivity index (χ3n) is 2.69. The number of aryl methyl sites for hydroxylation is 1. The first kappa shape index (κ1) is 12.2. The van der Waals surface area contributed by atoms with Crippen molar-refractivity contribution in [2.24, 2.45) is 0 Å². The van der Waals surface area contributed by atoms with Gasteiger partial charge in [0, 0.05) is 13.7 Å². The van der Waals surface area contributed by atoms with Gasteiger partial charge in [0.15, 0.2) is 0 Å². The lowest BCUT2D eigenvalue weighted by Crippen LogP contribution is -2.21. The molecule has 0 radical (unpaired) electrons. The van der Waals surface area contributed by atoms with Gasteiger partial charge in [0.25, 0.3) is 0 Å². The SMILES string of the molecule is COCCCC(C)(O)c1ccc(C)cc1. The molecule has 2 nitrogen and oxygen atoms in total. The van der Waals surface area contributed by atoms with Crippen LogP contribution in [0.1, 0.15) is 30.9 Å². The second kappa shape index (κ2) is 5.29. The number of ether oxygens (including phenoxy) is 1. The van der Waals surface area contributed by atoms with Gasteiger partial charge >= 0.3 is 0 Å². The summed E-state index contributed by atoms with van der Waals surface area (Å²) in [5.41, 5.74) is 1.45. The standard InChI is InChI=1S/C13H20O2/c1-11-5-7-12(8-6-11)13(2,14)9-4-10-15-3/h5-8,14H,4,9-10H2,1-3H3. The lowest BCUT2D eigenvalue weighted by atomic mass is 9.91. The summed E-state index contributed by atoms with van der Waals surface area (Å²) in [7, 11) is 1.68. The van der Waals surface area contributed by atoms with E-state index in [0.29, 0.717) is 6.61 Å². The normalized spacial score (nSPS) is 14.9. The molecule has 1 atom stereocenters. The van der Waals surface area contributed by atoms with E-state index < -0.39 is 5.60 Å². The molecule has 1 aromatic carbocycles. The summed E-state index contributed by atoms with van der Waals surface area (Å²) < 4.78 is 4.98. The van der Waals surface area contributed by atoms with E-state index in [4.69, 9.17) is 4.74 Å². The Morgan fingerprint density at radius 1 is 1.27 bits per heavy atom. The first-order valence-corrected chi connectivity index (χ1v) is 5.35. The Bertz CT molecular complexity index is 288. The molecule has 0 aliphatic rings. The highest BCUT2D eigenvalue weighted by Crippen LogP contribution is 2.25. The van der Waals surface area contributed by atoms with Gasteiger partial charge in [0.05, 0.1) is 5.60 Å². The molecular weight excluding hydrogens is 188 g/mol. The smallest absolute Gasteiger partial charge is 0.0869 e. The highest BCUT2D eigenvalue weighted by Gasteiger charge is 2.21. The van der Waals surface area contributed by atoms with Crippen molar-refractivity contribution in [3.8, 4) is 0 Å². The summed E-state index contributed by atoms with van der Waals surface area (Å²) in [6.45, 7) is 4.60. The topological polar surface area (TPSA) is 29.5 Å². The Balaban J connectivity index is 2.63. The molecule has 1 aromatic rings. The second-order valence-corrected chi connectivity index (χ2v) is 4.24. The summed E-state index contributed by atoms with van der Waals surface area (Å²) in [6, 6.07) is 8.03. The van der Waals surface area contributed by atoms with Crippen LogP contribution in [0.2, 0.25) is 0 Å². The van der Waals surface area contributed by atoms with Crippen LogP contribution in [0.5, 0.6) is 0 Å². The van der Waals surface area contributed by atoms with E-state index in [2.05, 4.69) is 0 Å². The first-order chi connectivity index (χ1) is 7.06. The molecule has 1 rings (SSSR count). The predicted octanol–water partition coefficient (Wildman–Crippen LogP) is 2.63. The molecule has 0 bridgehead atoms. The predicted molar refractivity (Wildman–Crippen MR) is 61.9 cm³/mol. The Labute approximate surface area is 91.9 Å². The maximum atomic E-state index is 10.2. The molecular formula is C13H20O2. The highest BCUT2D eigenvalue weighted by atomic mass is 16.5. The first-order valence-electron chi connectivity index (χ1n) is 5.35. The van der Waals surface area contributed by atoms with E-state index in [-0.39, 0.29) is 0 Å². The van der Waals surface area contributed by atoms with Gasteiger partial charge in [-0.1, -0.05) is 29.8 Å². The second-order valence-electron chi connectivity index (χ2n) is 4.24. The molecule has 0 amide bonds. The van der Waals surface area contributed by atoms with Crippen molar-refractivity contribution in [3.05, 3.63) is 35.4 Å². The third-order valence-corrected chi connectivity index (χ3v) is 2.69. The minimum atomic E-state index is -0.744. The van der Waals surface area contributed by atoms with Gasteiger partial charge in [-0.2, -0.15) is 0 Å². The number of aliphatic hydroxyl groups is 1. The molecule has 0 aliphatic carbocycles. The number of hydrogen-bond acceptors (Lipinski definition) is 2. The maximum absolute atomic E-state index is 10.2. The van der Waals surface area contributed by atoms with Crippen LogP contribution in [0.4, 0.5) is 0 Å². The van der Waals surface area contributed by atoms with Crippen LogP contribution >= 0.6 is 0 Å². The van der Waals surface area contributed by atoms with E-state index in [0.717, 1.165) is 18.4 Å². The molecule has 2 heteroatoms. The molecule has 0 aromatic heterocycles. The molecule has 0 heterocycles. The Hall–Kier alpha value is -0.860. The van der Waals surface area contributed by atoms with Gasteiger partial charge in [0.2, 0.25) is 0 Å². The Morgan fingerprint density at radius 3 is 2.40 bits per heavy atom. The number of rotatable bonds is 5. The summed E-state index contributed by atoms with van der Waals surface area (Å²) >= 11 is 0. The van der Waals surface area contributed by atoms with Gasteiger partial charge in [0.1, 0.15) is 0 Å². The number of hydrogen-bond donors (Lipinski definition) is 1. The lowest BCUT2D eigenvalue weighted by molar-refractivity contribution is 0.0373. The highest BCUT2D eigenvalue weighted by molar-refractivity contribution is 5.25. The Morgan fingerprint density at radius 2 is 1.87 bits per heavy atom. The molecule has 1 unspecified atom stereocenters. The number of methoxy groups -OCH3 is 1.